The van der Waals surface area contributed by atoms with Crippen molar-refractivity contribution in [3.63, 3.8) is 0 Å². The number of rotatable bonds is 6. The molecule has 0 aliphatic heterocycles. The van der Waals surface area contributed by atoms with Crippen LogP contribution in [0.1, 0.15) is 6.92 Å². The van der Waals surface area contributed by atoms with Gasteiger partial charge in [-0.2, -0.15) is 5.10 Å². The molecule has 0 aliphatic carbocycles. The van der Waals surface area contributed by atoms with Crippen LogP contribution in [0.3, 0.4) is 0 Å². The first-order chi connectivity index (χ1) is 9.24. The van der Waals surface area contributed by atoms with E-state index in [0.29, 0.717) is 23.9 Å². The number of nitrogens with one attached hydrogen (secondary N) is 1. The highest BCUT2D eigenvalue weighted by Gasteiger charge is 2.09. The van der Waals surface area contributed by atoms with E-state index in [-0.39, 0.29) is 5.56 Å². The first-order valence-corrected chi connectivity index (χ1v) is 6.71. The Kier molecular flexibility index (Phi) is 4.58. The Morgan fingerprint density at radius 3 is 3.00 bits per heavy atom. The minimum atomic E-state index is -0.155. The summed E-state index contributed by atoms with van der Waals surface area (Å²) in [5.74, 6) is 0. The molecule has 0 aromatic carbocycles. The van der Waals surface area contributed by atoms with Crippen LogP contribution in [0.4, 0.5) is 5.13 Å². The molecule has 0 unspecified atom stereocenters. The number of methoxy groups -OCH3 is 1. The maximum Gasteiger partial charge on any atom is 0.266 e. The smallest absolute Gasteiger partial charge is 0.266 e. The number of nitrogens with zero attached hydrogens (tertiary/aromatic N) is 4. The van der Waals surface area contributed by atoms with Gasteiger partial charge in [-0.25, -0.2) is 4.68 Å². The molecule has 0 saturated carbocycles. The maximum absolute atomic E-state index is 11.6. The molecule has 0 saturated heterocycles. The SMILES string of the molecule is CCNc1nnc(-c2ccc(=O)n(CCOC)n2)s1. The lowest BCUT2D eigenvalue weighted by Crippen LogP contribution is -2.24. The quantitative estimate of drug-likeness (QED) is 0.845. The van der Waals surface area contributed by atoms with Gasteiger partial charge in [-0.05, 0) is 13.0 Å². The Bertz CT molecular complexity index is 595. The van der Waals surface area contributed by atoms with Crippen LogP contribution in [-0.2, 0) is 11.3 Å². The average molecular weight is 281 g/mol. The first kappa shape index (κ1) is 13.6. The summed E-state index contributed by atoms with van der Waals surface area (Å²) >= 11 is 1.41. The largest absolute Gasteiger partial charge is 0.383 e. The fraction of sp³-hybridized carbons (Fsp3) is 0.455. The Labute approximate surface area is 114 Å². The van der Waals surface area contributed by atoms with Crippen molar-refractivity contribution in [2.75, 3.05) is 25.6 Å². The van der Waals surface area contributed by atoms with Crippen LogP contribution in [0.15, 0.2) is 16.9 Å². The number of hydrogen-bond donors (Lipinski definition) is 1. The van der Waals surface area contributed by atoms with Crippen LogP contribution < -0.4 is 10.9 Å². The number of anilines is 1. The number of hydrogen-bond acceptors (Lipinski definition) is 7. The van der Waals surface area contributed by atoms with Gasteiger partial charge in [-0.15, -0.1) is 10.2 Å². The van der Waals surface area contributed by atoms with Gasteiger partial charge in [0.15, 0.2) is 5.01 Å². The van der Waals surface area contributed by atoms with Crippen molar-refractivity contribution in [3.05, 3.63) is 22.5 Å². The van der Waals surface area contributed by atoms with E-state index in [1.54, 1.807) is 13.2 Å². The summed E-state index contributed by atoms with van der Waals surface area (Å²) in [4.78, 5) is 11.6. The second-order valence-electron chi connectivity index (χ2n) is 3.72. The second-order valence-corrected chi connectivity index (χ2v) is 4.69. The molecule has 2 rings (SSSR count). The zero-order valence-corrected chi connectivity index (χ0v) is 11.6. The Morgan fingerprint density at radius 2 is 2.26 bits per heavy atom. The maximum atomic E-state index is 11.6. The lowest BCUT2D eigenvalue weighted by atomic mass is 10.4. The Balaban J connectivity index is 2.25. The number of aromatic nitrogens is 4. The van der Waals surface area contributed by atoms with Crippen LogP contribution in [0.2, 0.25) is 0 Å². The summed E-state index contributed by atoms with van der Waals surface area (Å²) in [6.45, 7) is 3.64. The van der Waals surface area contributed by atoms with Gasteiger partial charge in [-0.3, -0.25) is 4.79 Å². The molecule has 2 aromatic heterocycles. The Hall–Kier alpha value is -1.80. The standard InChI is InChI=1S/C11H15N5O2S/c1-3-12-11-14-13-10(19-11)8-4-5-9(17)16(15-8)6-7-18-2/h4-5H,3,6-7H2,1-2H3,(H,12,14). The van der Waals surface area contributed by atoms with E-state index in [9.17, 15) is 4.79 Å². The highest BCUT2D eigenvalue weighted by atomic mass is 32.1. The topological polar surface area (TPSA) is 81.9 Å². The van der Waals surface area contributed by atoms with E-state index in [2.05, 4.69) is 20.6 Å². The average Bonchev–Trinajstić information content (AvgIpc) is 2.87. The monoisotopic (exact) mass is 281 g/mol. The minimum Gasteiger partial charge on any atom is -0.383 e. The van der Waals surface area contributed by atoms with Crippen molar-refractivity contribution >= 4 is 16.5 Å². The van der Waals surface area contributed by atoms with E-state index in [1.165, 1.54) is 22.1 Å². The summed E-state index contributed by atoms with van der Waals surface area (Å²) in [5.41, 5.74) is 0.481. The molecule has 0 fully saturated rings. The van der Waals surface area contributed by atoms with E-state index in [4.69, 9.17) is 4.74 Å². The molecule has 0 aliphatic rings. The highest BCUT2D eigenvalue weighted by molar-refractivity contribution is 7.18. The lowest BCUT2D eigenvalue weighted by molar-refractivity contribution is 0.182. The third kappa shape index (κ3) is 3.36. The highest BCUT2D eigenvalue weighted by Crippen LogP contribution is 2.23. The molecule has 0 bridgehead atoms. The van der Waals surface area contributed by atoms with Gasteiger partial charge in [-0.1, -0.05) is 11.3 Å². The molecule has 0 amide bonds. The summed E-state index contributed by atoms with van der Waals surface area (Å²) in [6, 6.07) is 3.13. The predicted octanol–water partition coefficient (Wildman–Crippen LogP) is 0.840. The van der Waals surface area contributed by atoms with Crippen molar-refractivity contribution in [3.8, 4) is 10.7 Å². The predicted molar refractivity (Wildman–Crippen MR) is 73.4 cm³/mol. The summed E-state index contributed by atoms with van der Waals surface area (Å²) in [7, 11) is 1.59. The molecule has 2 aromatic rings. The molecule has 0 atom stereocenters. The van der Waals surface area contributed by atoms with Crippen molar-refractivity contribution in [2.24, 2.45) is 0 Å². The van der Waals surface area contributed by atoms with E-state index < -0.39 is 0 Å². The van der Waals surface area contributed by atoms with Crippen LogP contribution >= 0.6 is 11.3 Å². The molecule has 0 radical (unpaired) electrons. The summed E-state index contributed by atoms with van der Waals surface area (Å²) < 4.78 is 6.32. The summed E-state index contributed by atoms with van der Waals surface area (Å²) in [5, 5.41) is 16.8. The van der Waals surface area contributed by atoms with Crippen molar-refractivity contribution < 1.29 is 4.74 Å². The fourth-order valence-electron chi connectivity index (χ4n) is 1.45. The Morgan fingerprint density at radius 1 is 1.42 bits per heavy atom. The zero-order chi connectivity index (χ0) is 13.7. The van der Waals surface area contributed by atoms with E-state index in [1.807, 2.05) is 6.92 Å². The normalized spacial score (nSPS) is 10.6. The van der Waals surface area contributed by atoms with Gasteiger partial charge in [0.1, 0.15) is 5.69 Å². The van der Waals surface area contributed by atoms with E-state index in [0.717, 1.165) is 11.7 Å². The lowest BCUT2D eigenvalue weighted by Gasteiger charge is -2.04. The molecular formula is C11H15N5O2S. The molecule has 102 valence electrons. The third-order valence-electron chi connectivity index (χ3n) is 2.35. The molecular weight excluding hydrogens is 266 g/mol. The number of ether oxygens (including phenoxy) is 1. The molecule has 19 heavy (non-hydrogen) atoms. The van der Waals surface area contributed by atoms with Crippen LogP contribution in [0.5, 0.6) is 0 Å². The molecule has 7 nitrogen and oxygen atoms in total. The van der Waals surface area contributed by atoms with E-state index >= 15 is 0 Å². The molecule has 2 heterocycles. The van der Waals surface area contributed by atoms with Crippen LogP contribution in [0.25, 0.3) is 10.7 Å². The third-order valence-corrected chi connectivity index (χ3v) is 3.25. The fourth-order valence-corrected chi connectivity index (χ4v) is 2.23. The van der Waals surface area contributed by atoms with Gasteiger partial charge < -0.3 is 10.1 Å². The van der Waals surface area contributed by atoms with Gasteiger partial charge >= 0.3 is 0 Å². The van der Waals surface area contributed by atoms with Gasteiger partial charge in [0, 0.05) is 19.7 Å². The van der Waals surface area contributed by atoms with Crippen molar-refractivity contribution in [1.82, 2.24) is 20.0 Å². The molecule has 8 heteroatoms. The van der Waals surface area contributed by atoms with Gasteiger partial charge in [0.05, 0.1) is 13.2 Å². The van der Waals surface area contributed by atoms with Gasteiger partial charge in [0.25, 0.3) is 5.56 Å². The molecule has 0 spiro atoms. The van der Waals surface area contributed by atoms with Crippen LogP contribution in [0, 0.1) is 0 Å². The molecule has 1 N–H and O–H groups in total. The van der Waals surface area contributed by atoms with Crippen molar-refractivity contribution in [1.29, 1.82) is 0 Å². The summed E-state index contributed by atoms with van der Waals surface area (Å²) in [6.07, 6.45) is 0. The second kappa shape index (κ2) is 6.39. The van der Waals surface area contributed by atoms with Gasteiger partial charge in [0.2, 0.25) is 5.13 Å². The zero-order valence-electron chi connectivity index (χ0n) is 10.8. The minimum absolute atomic E-state index is 0.155. The van der Waals surface area contributed by atoms with Crippen molar-refractivity contribution in [2.45, 2.75) is 13.5 Å². The first-order valence-electron chi connectivity index (χ1n) is 5.89. The van der Waals surface area contributed by atoms with Crippen LogP contribution in [-0.4, -0.2) is 40.2 Å².